The van der Waals surface area contributed by atoms with Gasteiger partial charge in [0.15, 0.2) is 0 Å². The molecule has 2 N–H and O–H groups in total. The van der Waals surface area contributed by atoms with Crippen LogP contribution in [-0.2, 0) is 26.0 Å². The van der Waals surface area contributed by atoms with Crippen LogP contribution in [0.5, 0.6) is 0 Å². The standard InChI is InChI=1S/C13H18N2O5S/c1-15(21(2,19)20)9-12(16)14-11(13(17)18)8-10-6-4-3-5-7-10/h3-7,11H,8-9H2,1-2H3,(H,14,16)(H,17,18)/t11-/m1/s1. The first kappa shape index (κ1) is 17.1. The number of hydrogen-bond donors (Lipinski definition) is 2. The molecule has 7 nitrogen and oxygen atoms in total. The van der Waals surface area contributed by atoms with Gasteiger partial charge in [-0.2, -0.15) is 4.31 Å². The van der Waals surface area contributed by atoms with E-state index >= 15 is 0 Å². The molecule has 0 aliphatic rings. The summed E-state index contributed by atoms with van der Waals surface area (Å²) in [5, 5.41) is 11.5. The number of carboxylic acids is 1. The van der Waals surface area contributed by atoms with Crippen molar-refractivity contribution in [3.63, 3.8) is 0 Å². The van der Waals surface area contributed by atoms with Crippen molar-refractivity contribution in [1.29, 1.82) is 0 Å². The zero-order valence-corrected chi connectivity index (χ0v) is 12.6. The number of carbonyl (C=O) groups is 2. The predicted octanol–water partition coefficient (Wildman–Crippen LogP) is -0.310. The van der Waals surface area contributed by atoms with Gasteiger partial charge in [0.1, 0.15) is 6.04 Å². The number of rotatable bonds is 7. The molecule has 0 aliphatic heterocycles. The summed E-state index contributed by atoms with van der Waals surface area (Å²) in [5.41, 5.74) is 0.765. The molecule has 8 heteroatoms. The lowest BCUT2D eigenvalue weighted by molar-refractivity contribution is -0.141. The molecule has 1 aromatic carbocycles. The highest BCUT2D eigenvalue weighted by atomic mass is 32.2. The molecular formula is C13H18N2O5S. The van der Waals surface area contributed by atoms with Crippen LogP contribution in [0.15, 0.2) is 30.3 Å². The lowest BCUT2D eigenvalue weighted by Crippen LogP contribution is -2.46. The lowest BCUT2D eigenvalue weighted by Gasteiger charge is -2.17. The maximum Gasteiger partial charge on any atom is 0.326 e. The topological polar surface area (TPSA) is 104 Å². The largest absolute Gasteiger partial charge is 0.480 e. The second-order valence-corrected chi connectivity index (χ2v) is 6.76. The van der Waals surface area contributed by atoms with Crippen molar-refractivity contribution in [2.45, 2.75) is 12.5 Å². The van der Waals surface area contributed by atoms with E-state index in [0.29, 0.717) is 0 Å². The van der Waals surface area contributed by atoms with Crippen LogP contribution >= 0.6 is 0 Å². The van der Waals surface area contributed by atoms with Crippen LogP contribution < -0.4 is 5.32 Å². The van der Waals surface area contributed by atoms with Gasteiger partial charge in [-0.3, -0.25) is 4.79 Å². The Balaban J connectivity index is 2.67. The molecule has 0 unspecified atom stereocenters. The average molecular weight is 314 g/mol. The van der Waals surface area contributed by atoms with Crippen LogP contribution in [-0.4, -0.2) is 55.6 Å². The third-order valence-corrected chi connectivity index (χ3v) is 4.11. The molecule has 1 rings (SSSR count). The highest BCUT2D eigenvalue weighted by Crippen LogP contribution is 2.04. The van der Waals surface area contributed by atoms with Crippen molar-refractivity contribution in [2.24, 2.45) is 0 Å². The van der Waals surface area contributed by atoms with Crippen LogP contribution in [0.4, 0.5) is 0 Å². The molecule has 0 heterocycles. The average Bonchev–Trinajstić information content (AvgIpc) is 2.37. The number of carboxylic acid groups (broad SMARTS) is 1. The number of carbonyl (C=O) groups excluding carboxylic acids is 1. The highest BCUT2D eigenvalue weighted by molar-refractivity contribution is 7.88. The Labute approximate surface area is 123 Å². The van der Waals surface area contributed by atoms with Gasteiger partial charge in [-0.15, -0.1) is 0 Å². The van der Waals surface area contributed by atoms with Gasteiger partial charge in [0.05, 0.1) is 12.8 Å². The minimum absolute atomic E-state index is 0.129. The van der Waals surface area contributed by atoms with E-state index < -0.39 is 34.5 Å². The molecule has 0 radical (unpaired) electrons. The Kier molecular flexibility index (Phi) is 5.86. The quantitative estimate of drug-likeness (QED) is 0.718. The van der Waals surface area contributed by atoms with Crippen LogP contribution in [0.3, 0.4) is 0 Å². The van der Waals surface area contributed by atoms with E-state index in [-0.39, 0.29) is 6.42 Å². The molecule has 0 saturated carbocycles. The summed E-state index contributed by atoms with van der Waals surface area (Å²) in [6.45, 7) is -0.419. The Morgan fingerprint density at radius 3 is 2.33 bits per heavy atom. The number of likely N-dealkylation sites (N-methyl/N-ethyl adjacent to an activating group) is 1. The number of aliphatic carboxylic acids is 1. The number of hydrogen-bond acceptors (Lipinski definition) is 4. The van der Waals surface area contributed by atoms with Gasteiger partial charge in [-0.1, -0.05) is 30.3 Å². The van der Waals surface area contributed by atoms with Gasteiger partial charge in [-0.05, 0) is 5.56 Å². The third kappa shape index (κ3) is 5.92. The zero-order valence-electron chi connectivity index (χ0n) is 11.8. The van der Waals surface area contributed by atoms with E-state index in [0.717, 1.165) is 16.1 Å². The number of sulfonamides is 1. The molecule has 0 saturated heterocycles. The van der Waals surface area contributed by atoms with Crippen LogP contribution in [0.25, 0.3) is 0 Å². The first-order chi connectivity index (χ1) is 9.70. The van der Waals surface area contributed by atoms with Gasteiger partial charge in [0, 0.05) is 13.5 Å². The van der Waals surface area contributed by atoms with Crippen molar-refractivity contribution >= 4 is 21.9 Å². The fourth-order valence-electron chi connectivity index (χ4n) is 1.61. The van der Waals surface area contributed by atoms with Crippen LogP contribution in [0.1, 0.15) is 5.56 Å². The van der Waals surface area contributed by atoms with E-state index in [2.05, 4.69) is 5.32 Å². The fraction of sp³-hybridized carbons (Fsp3) is 0.385. The summed E-state index contributed by atoms with van der Waals surface area (Å²) < 4.78 is 23.3. The maximum absolute atomic E-state index is 11.7. The third-order valence-electron chi connectivity index (χ3n) is 2.85. The molecule has 0 fully saturated rings. The Morgan fingerprint density at radius 1 is 1.29 bits per heavy atom. The molecule has 1 aromatic rings. The maximum atomic E-state index is 11.7. The number of nitrogens with one attached hydrogen (secondary N) is 1. The first-order valence-electron chi connectivity index (χ1n) is 6.17. The second-order valence-electron chi connectivity index (χ2n) is 4.67. The summed E-state index contributed by atoms with van der Waals surface area (Å²) in [4.78, 5) is 22.9. The molecule has 0 aliphatic carbocycles. The van der Waals surface area contributed by atoms with E-state index in [1.165, 1.54) is 7.05 Å². The van der Waals surface area contributed by atoms with Gasteiger partial charge in [-0.25, -0.2) is 13.2 Å². The molecule has 1 atom stereocenters. The fourth-order valence-corrected chi connectivity index (χ4v) is 1.96. The Bertz CT molecular complexity index is 600. The SMILES string of the molecule is CN(CC(=O)N[C@H](Cc1ccccc1)C(=O)O)S(C)(=O)=O. The molecule has 0 aromatic heterocycles. The van der Waals surface area contributed by atoms with E-state index in [1.807, 2.05) is 0 Å². The smallest absolute Gasteiger partial charge is 0.326 e. The van der Waals surface area contributed by atoms with Crippen LogP contribution in [0, 0.1) is 0 Å². The number of amides is 1. The van der Waals surface area contributed by atoms with Gasteiger partial charge >= 0.3 is 5.97 Å². The predicted molar refractivity (Wildman–Crippen MR) is 77.2 cm³/mol. The molecular weight excluding hydrogens is 296 g/mol. The molecule has 116 valence electrons. The molecule has 0 bridgehead atoms. The molecule has 21 heavy (non-hydrogen) atoms. The normalized spacial score (nSPS) is 12.9. The lowest BCUT2D eigenvalue weighted by atomic mass is 10.1. The van der Waals surface area contributed by atoms with E-state index in [4.69, 9.17) is 5.11 Å². The van der Waals surface area contributed by atoms with Gasteiger partial charge in [0.2, 0.25) is 15.9 Å². The highest BCUT2D eigenvalue weighted by Gasteiger charge is 2.22. The summed E-state index contributed by atoms with van der Waals surface area (Å²) in [5.74, 6) is -1.83. The van der Waals surface area contributed by atoms with Crippen LogP contribution in [0.2, 0.25) is 0 Å². The number of benzene rings is 1. The summed E-state index contributed by atoms with van der Waals surface area (Å²) >= 11 is 0. The minimum Gasteiger partial charge on any atom is -0.480 e. The zero-order chi connectivity index (χ0) is 16.0. The minimum atomic E-state index is -3.49. The van der Waals surface area contributed by atoms with Gasteiger partial charge in [0.25, 0.3) is 0 Å². The monoisotopic (exact) mass is 314 g/mol. The first-order valence-corrected chi connectivity index (χ1v) is 8.02. The van der Waals surface area contributed by atoms with Crippen molar-refractivity contribution in [1.82, 2.24) is 9.62 Å². The molecule has 0 spiro atoms. The summed E-state index contributed by atoms with van der Waals surface area (Å²) in [6, 6.07) is 7.75. The van der Waals surface area contributed by atoms with Crippen molar-refractivity contribution in [3.8, 4) is 0 Å². The molecule has 1 amide bonds. The van der Waals surface area contributed by atoms with Crippen molar-refractivity contribution in [3.05, 3.63) is 35.9 Å². The summed E-state index contributed by atoms with van der Waals surface area (Å²) in [7, 11) is -2.24. The Morgan fingerprint density at radius 2 is 1.86 bits per heavy atom. The second kappa shape index (κ2) is 7.19. The van der Waals surface area contributed by atoms with Crippen molar-refractivity contribution < 1.29 is 23.1 Å². The van der Waals surface area contributed by atoms with Crippen molar-refractivity contribution in [2.75, 3.05) is 19.8 Å². The summed E-state index contributed by atoms with van der Waals surface area (Å²) in [6.07, 6.45) is 1.10. The van der Waals surface area contributed by atoms with E-state index in [1.54, 1.807) is 30.3 Å². The number of nitrogens with zero attached hydrogens (tertiary/aromatic N) is 1. The Hall–Kier alpha value is -1.93. The van der Waals surface area contributed by atoms with E-state index in [9.17, 15) is 18.0 Å². The van der Waals surface area contributed by atoms with Gasteiger partial charge < -0.3 is 10.4 Å².